The Kier molecular flexibility index (Phi) is 3.66. The zero-order valence-electron chi connectivity index (χ0n) is 11.7. The summed E-state index contributed by atoms with van der Waals surface area (Å²) < 4.78 is 0. The van der Waals surface area contributed by atoms with Gasteiger partial charge in [0.2, 0.25) is 0 Å². The van der Waals surface area contributed by atoms with Crippen molar-refractivity contribution in [1.29, 1.82) is 0 Å². The first-order chi connectivity index (χ1) is 9.11. The van der Waals surface area contributed by atoms with Crippen molar-refractivity contribution in [3.63, 3.8) is 0 Å². The summed E-state index contributed by atoms with van der Waals surface area (Å²) in [6, 6.07) is 3.90. The van der Waals surface area contributed by atoms with E-state index in [0.29, 0.717) is 5.78 Å². The smallest absolute Gasteiger partial charge is 0.166 e. The summed E-state index contributed by atoms with van der Waals surface area (Å²) in [6.45, 7) is 3.93. The molecule has 2 aliphatic heterocycles. The average molecular weight is 275 g/mol. The van der Waals surface area contributed by atoms with Gasteiger partial charge in [0.25, 0.3) is 0 Å². The van der Waals surface area contributed by atoms with Gasteiger partial charge in [-0.2, -0.15) is 11.8 Å². The maximum absolute atomic E-state index is 12.7. The minimum Gasteiger partial charge on any atom is -0.294 e. The highest BCUT2D eigenvalue weighted by Gasteiger charge is 2.35. The third-order valence-corrected chi connectivity index (χ3v) is 5.89. The summed E-state index contributed by atoms with van der Waals surface area (Å²) in [4.78, 5) is 17.1. The Hall–Kier alpha value is -0.830. The molecular formula is C16H21NOS. The van der Waals surface area contributed by atoms with Crippen molar-refractivity contribution in [3.8, 4) is 0 Å². The molecule has 0 spiro atoms. The van der Waals surface area contributed by atoms with E-state index >= 15 is 0 Å². The Labute approximate surface area is 119 Å². The van der Waals surface area contributed by atoms with Crippen molar-refractivity contribution < 1.29 is 4.79 Å². The number of carbonyl (C=O) groups is 1. The van der Waals surface area contributed by atoms with Crippen LogP contribution >= 0.6 is 11.8 Å². The van der Waals surface area contributed by atoms with Gasteiger partial charge in [-0.05, 0) is 51.7 Å². The lowest BCUT2D eigenvalue weighted by atomic mass is 9.84. The number of aromatic nitrogens is 1. The molecule has 0 saturated carbocycles. The van der Waals surface area contributed by atoms with E-state index in [4.69, 9.17) is 0 Å². The second-order valence-electron chi connectivity index (χ2n) is 5.98. The first kappa shape index (κ1) is 13.2. The number of carbonyl (C=O) groups excluding carboxylic acids is 1. The van der Waals surface area contributed by atoms with Crippen LogP contribution < -0.4 is 0 Å². The van der Waals surface area contributed by atoms with Gasteiger partial charge in [-0.25, -0.2) is 0 Å². The van der Waals surface area contributed by atoms with Crippen molar-refractivity contribution in [2.24, 2.45) is 5.92 Å². The standard InChI is InChI=1S/C16H21NOS/c1-10-6-12(7-11(2)17-10)16(18)13-8-14-4-3-5-15(9-13)19-14/h6-7,13-15H,3-5,8-9H2,1-2H3. The van der Waals surface area contributed by atoms with Crippen molar-refractivity contribution >= 4 is 17.5 Å². The van der Waals surface area contributed by atoms with Gasteiger partial charge in [-0.1, -0.05) is 6.42 Å². The van der Waals surface area contributed by atoms with Gasteiger partial charge >= 0.3 is 0 Å². The predicted octanol–water partition coefficient (Wildman–Crippen LogP) is 3.95. The molecule has 3 heterocycles. The summed E-state index contributed by atoms with van der Waals surface area (Å²) in [5.74, 6) is 0.601. The molecular weight excluding hydrogens is 254 g/mol. The number of rotatable bonds is 2. The van der Waals surface area contributed by atoms with Gasteiger partial charge in [0.15, 0.2) is 5.78 Å². The molecule has 0 radical (unpaired) electrons. The molecule has 19 heavy (non-hydrogen) atoms. The molecule has 3 rings (SSSR count). The molecule has 2 aliphatic rings. The van der Waals surface area contributed by atoms with E-state index in [9.17, 15) is 4.79 Å². The van der Waals surface area contributed by atoms with Crippen molar-refractivity contribution in [2.45, 2.75) is 56.5 Å². The highest BCUT2D eigenvalue weighted by Crippen LogP contribution is 2.44. The summed E-state index contributed by atoms with van der Waals surface area (Å²) >= 11 is 2.13. The van der Waals surface area contributed by atoms with Crippen LogP contribution in [-0.4, -0.2) is 21.3 Å². The highest BCUT2D eigenvalue weighted by molar-refractivity contribution is 8.00. The number of thioether (sulfide) groups is 1. The normalized spacial score (nSPS) is 30.1. The fourth-order valence-corrected chi connectivity index (χ4v) is 5.32. The average Bonchev–Trinajstić information content (AvgIpc) is 2.36. The molecule has 0 aliphatic carbocycles. The summed E-state index contributed by atoms with van der Waals surface area (Å²) in [5.41, 5.74) is 2.78. The number of Topliss-reactive ketones (excluding diaryl/α,β-unsaturated/α-hetero) is 1. The fraction of sp³-hybridized carbons (Fsp3) is 0.625. The van der Waals surface area contributed by atoms with Gasteiger partial charge in [0.05, 0.1) is 0 Å². The number of ketones is 1. The van der Waals surface area contributed by atoms with Gasteiger partial charge < -0.3 is 0 Å². The number of fused-ring (bicyclic) bond motifs is 2. The van der Waals surface area contributed by atoms with Crippen LogP contribution in [0.25, 0.3) is 0 Å². The van der Waals surface area contributed by atoms with Gasteiger partial charge in [0, 0.05) is 33.4 Å². The van der Waals surface area contributed by atoms with Crippen molar-refractivity contribution in [3.05, 3.63) is 29.1 Å². The van der Waals surface area contributed by atoms with E-state index in [-0.39, 0.29) is 5.92 Å². The minimum absolute atomic E-state index is 0.248. The highest BCUT2D eigenvalue weighted by atomic mass is 32.2. The molecule has 2 bridgehead atoms. The van der Waals surface area contributed by atoms with Crippen LogP contribution in [-0.2, 0) is 0 Å². The Morgan fingerprint density at radius 3 is 2.32 bits per heavy atom. The molecule has 2 saturated heterocycles. The van der Waals surface area contributed by atoms with Gasteiger partial charge in [-0.3, -0.25) is 9.78 Å². The number of pyridine rings is 1. The van der Waals surface area contributed by atoms with Gasteiger partial charge in [-0.15, -0.1) is 0 Å². The molecule has 1 aromatic heterocycles. The van der Waals surface area contributed by atoms with Crippen LogP contribution in [0.15, 0.2) is 12.1 Å². The van der Waals surface area contributed by atoms with E-state index < -0.39 is 0 Å². The zero-order valence-corrected chi connectivity index (χ0v) is 12.5. The minimum atomic E-state index is 0.248. The molecule has 2 unspecified atom stereocenters. The number of aryl methyl sites for hydroxylation is 2. The molecule has 3 heteroatoms. The monoisotopic (exact) mass is 275 g/mol. The fourth-order valence-electron chi connectivity index (χ4n) is 3.49. The number of hydrogen-bond donors (Lipinski definition) is 0. The summed E-state index contributed by atoms with van der Waals surface area (Å²) in [6.07, 6.45) is 6.14. The third kappa shape index (κ3) is 2.86. The maximum Gasteiger partial charge on any atom is 0.166 e. The Morgan fingerprint density at radius 1 is 1.16 bits per heavy atom. The number of hydrogen-bond acceptors (Lipinski definition) is 3. The molecule has 0 N–H and O–H groups in total. The Morgan fingerprint density at radius 2 is 1.74 bits per heavy atom. The van der Waals surface area contributed by atoms with E-state index in [1.165, 1.54) is 19.3 Å². The van der Waals surface area contributed by atoms with Gasteiger partial charge in [0.1, 0.15) is 0 Å². The van der Waals surface area contributed by atoms with Crippen LogP contribution in [0.3, 0.4) is 0 Å². The molecule has 1 aromatic rings. The Bertz CT molecular complexity index is 467. The lowest BCUT2D eigenvalue weighted by molar-refractivity contribution is 0.0896. The maximum atomic E-state index is 12.7. The van der Waals surface area contributed by atoms with E-state index in [1.54, 1.807) is 0 Å². The van der Waals surface area contributed by atoms with Crippen LogP contribution in [0.2, 0.25) is 0 Å². The summed E-state index contributed by atoms with van der Waals surface area (Å²) in [7, 11) is 0. The predicted molar refractivity (Wildman–Crippen MR) is 79.8 cm³/mol. The lowest BCUT2D eigenvalue weighted by Crippen LogP contribution is -2.33. The van der Waals surface area contributed by atoms with Crippen molar-refractivity contribution in [1.82, 2.24) is 4.98 Å². The van der Waals surface area contributed by atoms with Crippen molar-refractivity contribution in [2.75, 3.05) is 0 Å². The van der Waals surface area contributed by atoms with Crippen LogP contribution in [0.5, 0.6) is 0 Å². The van der Waals surface area contributed by atoms with E-state index in [1.807, 2.05) is 26.0 Å². The third-order valence-electron chi connectivity index (χ3n) is 4.27. The first-order valence-corrected chi connectivity index (χ1v) is 8.21. The molecule has 2 fully saturated rings. The lowest BCUT2D eigenvalue weighted by Gasteiger charge is -2.38. The van der Waals surface area contributed by atoms with Crippen LogP contribution in [0.4, 0.5) is 0 Å². The molecule has 0 aromatic carbocycles. The van der Waals surface area contributed by atoms with E-state index in [2.05, 4.69) is 16.7 Å². The quantitative estimate of drug-likeness (QED) is 0.766. The Balaban J connectivity index is 1.79. The molecule has 0 amide bonds. The van der Waals surface area contributed by atoms with E-state index in [0.717, 1.165) is 40.3 Å². The van der Waals surface area contributed by atoms with Crippen LogP contribution in [0, 0.1) is 19.8 Å². The molecule has 2 atom stereocenters. The van der Waals surface area contributed by atoms with Crippen LogP contribution in [0.1, 0.15) is 53.8 Å². The molecule has 2 nitrogen and oxygen atoms in total. The second kappa shape index (κ2) is 5.28. The first-order valence-electron chi connectivity index (χ1n) is 7.27. The SMILES string of the molecule is Cc1cc(C(=O)C2CC3CCCC(C2)S3)cc(C)n1. The number of nitrogens with zero attached hydrogens (tertiary/aromatic N) is 1. The largest absolute Gasteiger partial charge is 0.294 e. The molecule has 102 valence electrons. The zero-order chi connectivity index (χ0) is 13.4. The second-order valence-corrected chi connectivity index (χ2v) is 7.59. The summed E-state index contributed by atoms with van der Waals surface area (Å²) in [5, 5.41) is 1.45. The topological polar surface area (TPSA) is 30.0 Å².